The van der Waals surface area contributed by atoms with Crippen LogP contribution in [0.1, 0.15) is 42.0 Å². The number of ether oxygens (including phenoxy) is 2. The van der Waals surface area contributed by atoms with Crippen LogP contribution in [-0.2, 0) is 0 Å². The number of hydrogen-bond donors (Lipinski definition) is 2. The first-order chi connectivity index (χ1) is 15.0. The van der Waals surface area contributed by atoms with Crippen LogP contribution >= 0.6 is 12.2 Å². The molecule has 31 heavy (non-hydrogen) atoms. The van der Waals surface area contributed by atoms with Crippen molar-refractivity contribution in [1.82, 2.24) is 5.32 Å². The van der Waals surface area contributed by atoms with Crippen LogP contribution in [0.5, 0.6) is 11.5 Å². The molecular weight excluding hydrogens is 404 g/mol. The predicted molar refractivity (Wildman–Crippen MR) is 132 cm³/mol. The van der Waals surface area contributed by atoms with E-state index in [-0.39, 0.29) is 12.0 Å². The summed E-state index contributed by atoms with van der Waals surface area (Å²) >= 11 is 5.69. The SMILES string of the molecule is CCC(c1ccc(OC)cc1)C(NC(=S)Nc1cccc(C)c1)c1ccc(OC)cc1. The Morgan fingerprint density at radius 2 is 1.45 bits per heavy atom. The molecule has 162 valence electrons. The number of nitrogens with one attached hydrogen (secondary N) is 2. The molecule has 3 rings (SSSR count). The van der Waals surface area contributed by atoms with E-state index in [0.717, 1.165) is 29.2 Å². The monoisotopic (exact) mass is 434 g/mol. The van der Waals surface area contributed by atoms with Gasteiger partial charge in [-0.3, -0.25) is 0 Å². The average Bonchev–Trinajstić information content (AvgIpc) is 2.79. The van der Waals surface area contributed by atoms with E-state index in [9.17, 15) is 0 Å². The number of thiocarbonyl (C=S) groups is 1. The molecule has 0 saturated carbocycles. The number of methoxy groups -OCH3 is 2. The summed E-state index contributed by atoms with van der Waals surface area (Å²) < 4.78 is 10.7. The minimum Gasteiger partial charge on any atom is -0.497 e. The lowest BCUT2D eigenvalue weighted by Gasteiger charge is -2.30. The van der Waals surface area contributed by atoms with E-state index >= 15 is 0 Å². The van der Waals surface area contributed by atoms with Gasteiger partial charge in [0, 0.05) is 11.6 Å². The molecule has 0 radical (unpaired) electrons. The van der Waals surface area contributed by atoms with Crippen molar-refractivity contribution < 1.29 is 9.47 Å². The fourth-order valence-electron chi connectivity index (χ4n) is 3.77. The first-order valence-corrected chi connectivity index (χ1v) is 10.9. The van der Waals surface area contributed by atoms with Gasteiger partial charge in [0.1, 0.15) is 11.5 Å². The number of aryl methyl sites for hydroxylation is 1. The van der Waals surface area contributed by atoms with Crippen molar-refractivity contribution in [3.63, 3.8) is 0 Å². The molecule has 0 aliphatic carbocycles. The van der Waals surface area contributed by atoms with Gasteiger partial charge in [-0.15, -0.1) is 0 Å². The summed E-state index contributed by atoms with van der Waals surface area (Å²) in [5.41, 5.74) is 4.54. The number of rotatable bonds is 8. The minimum atomic E-state index is -0.00545. The van der Waals surface area contributed by atoms with E-state index < -0.39 is 0 Å². The molecule has 5 heteroatoms. The Hall–Kier alpha value is -3.05. The third-order valence-electron chi connectivity index (χ3n) is 5.42. The molecule has 0 saturated heterocycles. The van der Waals surface area contributed by atoms with Crippen molar-refractivity contribution in [1.29, 1.82) is 0 Å². The van der Waals surface area contributed by atoms with Crippen LogP contribution in [0.15, 0.2) is 72.8 Å². The molecule has 2 atom stereocenters. The standard InChI is InChI=1S/C26H30N2O2S/c1-5-24(19-9-13-22(29-3)14-10-19)25(20-11-15-23(30-4)16-12-20)28-26(31)27-21-8-6-7-18(2)17-21/h6-17,24-25H,5H2,1-4H3,(H2,27,28,31). The Morgan fingerprint density at radius 1 is 0.871 bits per heavy atom. The normalized spacial score (nSPS) is 12.5. The number of benzene rings is 3. The molecule has 3 aromatic carbocycles. The van der Waals surface area contributed by atoms with Gasteiger partial charge in [0.05, 0.1) is 20.3 Å². The van der Waals surface area contributed by atoms with Crippen LogP contribution in [0, 0.1) is 6.92 Å². The van der Waals surface area contributed by atoms with Gasteiger partial charge < -0.3 is 20.1 Å². The quantitative estimate of drug-likeness (QED) is 0.411. The molecule has 2 N–H and O–H groups in total. The molecule has 0 spiro atoms. The fraction of sp³-hybridized carbons (Fsp3) is 0.269. The van der Waals surface area contributed by atoms with Gasteiger partial charge in [-0.05, 0) is 78.7 Å². The van der Waals surface area contributed by atoms with Gasteiger partial charge in [-0.25, -0.2) is 0 Å². The first-order valence-electron chi connectivity index (χ1n) is 10.5. The molecule has 0 bridgehead atoms. The zero-order chi connectivity index (χ0) is 22.2. The highest BCUT2D eigenvalue weighted by Crippen LogP contribution is 2.35. The van der Waals surface area contributed by atoms with Gasteiger partial charge in [-0.2, -0.15) is 0 Å². The second-order valence-electron chi connectivity index (χ2n) is 7.51. The Kier molecular flexibility index (Phi) is 7.90. The summed E-state index contributed by atoms with van der Waals surface area (Å²) in [7, 11) is 3.36. The zero-order valence-corrected chi connectivity index (χ0v) is 19.3. The molecule has 0 aromatic heterocycles. The summed E-state index contributed by atoms with van der Waals surface area (Å²) in [5, 5.41) is 7.49. The first kappa shape index (κ1) is 22.6. The molecule has 0 fully saturated rings. The smallest absolute Gasteiger partial charge is 0.171 e. The molecule has 0 amide bonds. The van der Waals surface area contributed by atoms with Crippen molar-refractivity contribution in [2.24, 2.45) is 0 Å². The van der Waals surface area contributed by atoms with Gasteiger partial charge >= 0.3 is 0 Å². The summed E-state index contributed by atoms with van der Waals surface area (Å²) in [5.74, 6) is 1.90. The fourth-order valence-corrected chi connectivity index (χ4v) is 4.02. The highest BCUT2D eigenvalue weighted by Gasteiger charge is 2.24. The van der Waals surface area contributed by atoms with Crippen LogP contribution in [0.25, 0.3) is 0 Å². The van der Waals surface area contributed by atoms with E-state index in [1.807, 2.05) is 36.4 Å². The maximum absolute atomic E-state index is 5.69. The molecule has 0 heterocycles. The molecule has 2 unspecified atom stereocenters. The van der Waals surface area contributed by atoms with Crippen LogP contribution in [0.4, 0.5) is 5.69 Å². The van der Waals surface area contributed by atoms with E-state index in [4.69, 9.17) is 21.7 Å². The molecule has 3 aromatic rings. The van der Waals surface area contributed by atoms with Gasteiger partial charge in [0.15, 0.2) is 5.11 Å². The molecule has 4 nitrogen and oxygen atoms in total. The van der Waals surface area contributed by atoms with Crippen molar-refractivity contribution in [3.05, 3.63) is 89.5 Å². The number of anilines is 1. The second-order valence-corrected chi connectivity index (χ2v) is 7.91. The maximum Gasteiger partial charge on any atom is 0.171 e. The Bertz CT molecular complexity index is 987. The van der Waals surface area contributed by atoms with Crippen molar-refractivity contribution in [2.75, 3.05) is 19.5 Å². The van der Waals surface area contributed by atoms with Crippen molar-refractivity contribution >= 4 is 23.0 Å². The third-order valence-corrected chi connectivity index (χ3v) is 5.64. The maximum atomic E-state index is 5.69. The molecule has 0 aliphatic rings. The average molecular weight is 435 g/mol. The van der Waals surface area contributed by atoms with Crippen LogP contribution < -0.4 is 20.1 Å². The van der Waals surface area contributed by atoms with Gasteiger partial charge in [-0.1, -0.05) is 43.3 Å². The summed E-state index contributed by atoms with van der Waals surface area (Å²) in [6.45, 7) is 4.27. The Morgan fingerprint density at radius 3 is 1.97 bits per heavy atom. The highest BCUT2D eigenvalue weighted by molar-refractivity contribution is 7.80. The largest absolute Gasteiger partial charge is 0.497 e. The van der Waals surface area contributed by atoms with E-state index in [0.29, 0.717) is 5.11 Å². The summed E-state index contributed by atoms with van der Waals surface area (Å²) in [6.07, 6.45) is 0.948. The highest BCUT2D eigenvalue weighted by atomic mass is 32.1. The number of hydrogen-bond acceptors (Lipinski definition) is 3. The summed E-state index contributed by atoms with van der Waals surface area (Å²) in [4.78, 5) is 0. The minimum absolute atomic E-state index is 0.00545. The van der Waals surface area contributed by atoms with Crippen LogP contribution in [0.2, 0.25) is 0 Å². The second kappa shape index (κ2) is 10.8. The van der Waals surface area contributed by atoms with Crippen molar-refractivity contribution in [3.8, 4) is 11.5 Å². The van der Waals surface area contributed by atoms with E-state index in [1.54, 1.807) is 14.2 Å². The lowest BCUT2D eigenvalue weighted by atomic mass is 9.85. The topological polar surface area (TPSA) is 42.5 Å². The predicted octanol–water partition coefficient (Wildman–Crippen LogP) is 6.23. The zero-order valence-electron chi connectivity index (χ0n) is 18.5. The lowest BCUT2D eigenvalue weighted by molar-refractivity contribution is 0.413. The molecule has 0 aliphatic heterocycles. The van der Waals surface area contributed by atoms with Crippen LogP contribution in [-0.4, -0.2) is 19.3 Å². The van der Waals surface area contributed by atoms with Gasteiger partial charge in [0.25, 0.3) is 0 Å². The van der Waals surface area contributed by atoms with Gasteiger partial charge in [0.2, 0.25) is 0 Å². The summed E-state index contributed by atoms with van der Waals surface area (Å²) in [6, 6.07) is 24.6. The Labute approximate surface area is 190 Å². The van der Waals surface area contributed by atoms with Crippen molar-refractivity contribution in [2.45, 2.75) is 32.2 Å². The Balaban J connectivity index is 1.89. The van der Waals surface area contributed by atoms with E-state index in [2.05, 4.69) is 60.9 Å². The van der Waals surface area contributed by atoms with E-state index in [1.165, 1.54) is 11.1 Å². The lowest BCUT2D eigenvalue weighted by Crippen LogP contribution is -2.35. The molecular formula is C26H30N2O2S. The third kappa shape index (κ3) is 5.98. The van der Waals surface area contributed by atoms with Crippen LogP contribution in [0.3, 0.4) is 0 Å².